The fourth-order valence-electron chi connectivity index (χ4n) is 3.78. The van der Waals surface area contributed by atoms with E-state index in [4.69, 9.17) is 21.1 Å². The summed E-state index contributed by atoms with van der Waals surface area (Å²) in [6.07, 6.45) is 8.86. The van der Waals surface area contributed by atoms with Crippen LogP contribution in [-0.2, 0) is 12.8 Å². The Morgan fingerprint density at radius 2 is 1.96 bits per heavy atom. The standard InChI is InChI=1S/C21H19ClN2O3S/c22-14-10-12(11-15-19(14)27-9-3-8-26-15)6-7-17-23-20(25)18-13-4-1-2-5-16(13)28-21(18)24-17/h6-7,10-11H,1-5,8-9H2,(H,23,24,25)/b7-6+. The van der Waals surface area contributed by atoms with Crippen molar-refractivity contribution in [1.82, 2.24) is 9.97 Å². The molecular weight excluding hydrogens is 396 g/mol. The average molecular weight is 415 g/mol. The van der Waals surface area contributed by atoms with E-state index in [1.807, 2.05) is 18.2 Å². The Labute approximate surface area is 171 Å². The average Bonchev–Trinajstić information content (AvgIpc) is 2.89. The quantitative estimate of drug-likeness (QED) is 0.651. The molecule has 1 aliphatic carbocycles. The third-order valence-electron chi connectivity index (χ3n) is 5.10. The second-order valence-electron chi connectivity index (χ2n) is 7.06. The maximum atomic E-state index is 12.6. The third-order valence-corrected chi connectivity index (χ3v) is 6.57. The van der Waals surface area contributed by atoms with E-state index in [1.54, 1.807) is 17.4 Å². The van der Waals surface area contributed by atoms with Gasteiger partial charge in [-0.15, -0.1) is 11.3 Å². The third kappa shape index (κ3) is 3.20. The molecule has 7 heteroatoms. The highest BCUT2D eigenvalue weighted by Gasteiger charge is 2.19. The molecular formula is C21H19ClN2O3S. The zero-order chi connectivity index (χ0) is 19.1. The Morgan fingerprint density at radius 3 is 2.89 bits per heavy atom. The van der Waals surface area contributed by atoms with Crippen molar-refractivity contribution < 1.29 is 9.47 Å². The van der Waals surface area contributed by atoms with Gasteiger partial charge in [-0.1, -0.05) is 17.7 Å². The van der Waals surface area contributed by atoms with Crippen LogP contribution in [0, 0.1) is 0 Å². The molecule has 144 valence electrons. The lowest BCUT2D eigenvalue weighted by atomic mass is 9.97. The van der Waals surface area contributed by atoms with Crippen molar-refractivity contribution in [3.05, 3.63) is 49.3 Å². The molecule has 0 radical (unpaired) electrons. The Morgan fingerprint density at radius 1 is 1.11 bits per heavy atom. The molecule has 1 aromatic carbocycles. The van der Waals surface area contributed by atoms with Gasteiger partial charge in [0.1, 0.15) is 10.7 Å². The molecule has 1 aliphatic heterocycles. The van der Waals surface area contributed by atoms with E-state index in [1.165, 1.54) is 16.9 Å². The van der Waals surface area contributed by atoms with E-state index in [2.05, 4.69) is 9.97 Å². The molecule has 1 N–H and O–H groups in total. The highest BCUT2D eigenvalue weighted by Crippen LogP contribution is 2.38. The van der Waals surface area contributed by atoms with Gasteiger partial charge >= 0.3 is 0 Å². The minimum atomic E-state index is -0.0549. The Hall–Kier alpha value is -2.31. The number of fused-ring (bicyclic) bond motifs is 4. The van der Waals surface area contributed by atoms with Crippen molar-refractivity contribution >= 4 is 45.3 Å². The molecule has 0 amide bonds. The highest BCUT2D eigenvalue weighted by molar-refractivity contribution is 7.18. The summed E-state index contributed by atoms with van der Waals surface area (Å²) >= 11 is 8.00. The Kier molecular flexibility index (Phi) is 4.61. The fourth-order valence-corrected chi connectivity index (χ4v) is 5.32. The van der Waals surface area contributed by atoms with Crippen molar-refractivity contribution in [2.75, 3.05) is 13.2 Å². The van der Waals surface area contributed by atoms with Gasteiger partial charge in [0.05, 0.1) is 23.6 Å². The van der Waals surface area contributed by atoms with Gasteiger partial charge in [-0.3, -0.25) is 4.79 Å². The molecule has 0 bridgehead atoms. The van der Waals surface area contributed by atoms with E-state index in [-0.39, 0.29) is 5.56 Å². The second-order valence-corrected chi connectivity index (χ2v) is 8.55. The van der Waals surface area contributed by atoms with E-state index >= 15 is 0 Å². The van der Waals surface area contributed by atoms with Crippen molar-refractivity contribution in [3.8, 4) is 11.5 Å². The van der Waals surface area contributed by atoms with Crippen LogP contribution in [0.25, 0.3) is 22.4 Å². The Bertz CT molecular complexity index is 1150. The number of hydrogen-bond acceptors (Lipinski definition) is 5. The number of nitrogens with one attached hydrogen (secondary N) is 1. The molecule has 28 heavy (non-hydrogen) atoms. The summed E-state index contributed by atoms with van der Waals surface area (Å²) in [5, 5.41) is 1.29. The number of halogens is 1. The summed E-state index contributed by atoms with van der Waals surface area (Å²) in [6.45, 7) is 1.20. The number of rotatable bonds is 2. The summed E-state index contributed by atoms with van der Waals surface area (Å²) in [5.41, 5.74) is 2.01. The van der Waals surface area contributed by atoms with Crippen LogP contribution in [0.3, 0.4) is 0 Å². The molecule has 5 nitrogen and oxygen atoms in total. The summed E-state index contributed by atoms with van der Waals surface area (Å²) < 4.78 is 11.4. The SMILES string of the molecule is O=c1[nH]c(/C=C/c2cc(Cl)c3c(c2)OCCCO3)nc2sc3c(c12)CCCC3. The first-order chi connectivity index (χ1) is 13.7. The monoisotopic (exact) mass is 414 g/mol. The fraction of sp³-hybridized carbons (Fsp3) is 0.333. The second kappa shape index (κ2) is 7.26. The zero-order valence-corrected chi connectivity index (χ0v) is 16.8. The highest BCUT2D eigenvalue weighted by atomic mass is 35.5. The number of benzene rings is 1. The molecule has 0 saturated heterocycles. The first-order valence-electron chi connectivity index (χ1n) is 9.51. The molecule has 0 atom stereocenters. The number of H-pyrrole nitrogens is 1. The maximum Gasteiger partial charge on any atom is 0.260 e. The van der Waals surface area contributed by atoms with Gasteiger partial charge in [0, 0.05) is 11.3 Å². The number of ether oxygens (including phenoxy) is 2. The minimum Gasteiger partial charge on any atom is -0.489 e. The maximum absolute atomic E-state index is 12.6. The molecule has 3 aromatic rings. The number of aromatic amines is 1. The number of aryl methyl sites for hydroxylation is 2. The van der Waals surface area contributed by atoms with Crippen molar-refractivity contribution in [3.63, 3.8) is 0 Å². The lowest BCUT2D eigenvalue weighted by Gasteiger charge is -2.10. The normalized spacial score (nSPS) is 16.3. The lowest BCUT2D eigenvalue weighted by molar-refractivity contribution is 0.297. The molecule has 0 spiro atoms. The summed E-state index contributed by atoms with van der Waals surface area (Å²) in [7, 11) is 0. The van der Waals surface area contributed by atoms with Crippen molar-refractivity contribution in [1.29, 1.82) is 0 Å². The van der Waals surface area contributed by atoms with Crippen LogP contribution in [0.15, 0.2) is 16.9 Å². The van der Waals surface area contributed by atoms with Gasteiger partial charge in [-0.2, -0.15) is 0 Å². The molecule has 2 aromatic heterocycles. The van der Waals surface area contributed by atoms with E-state index in [0.29, 0.717) is 35.6 Å². The van der Waals surface area contributed by atoms with E-state index in [9.17, 15) is 4.79 Å². The van der Waals surface area contributed by atoms with Gasteiger partial charge in [0.25, 0.3) is 5.56 Å². The van der Waals surface area contributed by atoms with Gasteiger partial charge < -0.3 is 14.5 Å². The van der Waals surface area contributed by atoms with Gasteiger partial charge in [0.2, 0.25) is 0 Å². The van der Waals surface area contributed by atoms with Gasteiger partial charge in [-0.25, -0.2) is 4.98 Å². The van der Waals surface area contributed by atoms with Gasteiger partial charge in [0.15, 0.2) is 11.5 Å². The van der Waals surface area contributed by atoms with Gasteiger partial charge in [-0.05, 0) is 55.0 Å². The zero-order valence-electron chi connectivity index (χ0n) is 15.2. The molecule has 5 rings (SSSR count). The first kappa shape index (κ1) is 17.8. The number of hydrogen-bond donors (Lipinski definition) is 1. The predicted molar refractivity (Wildman–Crippen MR) is 113 cm³/mol. The summed E-state index contributed by atoms with van der Waals surface area (Å²) in [5.74, 6) is 1.78. The van der Waals surface area contributed by atoms with Crippen LogP contribution in [-0.4, -0.2) is 23.2 Å². The largest absolute Gasteiger partial charge is 0.489 e. The molecule has 2 aliphatic rings. The summed E-state index contributed by atoms with van der Waals surface area (Å²) in [6, 6.07) is 3.72. The minimum absolute atomic E-state index is 0.0549. The number of nitrogens with zero attached hydrogens (tertiary/aromatic N) is 1. The lowest BCUT2D eigenvalue weighted by Crippen LogP contribution is -2.11. The van der Waals surface area contributed by atoms with Crippen LogP contribution >= 0.6 is 22.9 Å². The molecule has 3 heterocycles. The summed E-state index contributed by atoms with van der Waals surface area (Å²) in [4.78, 5) is 22.4. The van der Waals surface area contributed by atoms with Crippen LogP contribution in [0.5, 0.6) is 11.5 Å². The number of thiophene rings is 1. The predicted octanol–water partition coefficient (Wildman–Crippen LogP) is 4.85. The number of aromatic nitrogens is 2. The van der Waals surface area contributed by atoms with Crippen LogP contribution in [0.1, 0.15) is 41.1 Å². The Balaban J connectivity index is 1.50. The molecule has 0 saturated carbocycles. The van der Waals surface area contributed by atoms with Crippen LogP contribution in [0.2, 0.25) is 5.02 Å². The molecule has 0 fully saturated rings. The van der Waals surface area contributed by atoms with E-state index < -0.39 is 0 Å². The topological polar surface area (TPSA) is 64.2 Å². The molecule has 0 unspecified atom stereocenters. The van der Waals surface area contributed by atoms with Crippen molar-refractivity contribution in [2.24, 2.45) is 0 Å². The smallest absolute Gasteiger partial charge is 0.260 e. The van der Waals surface area contributed by atoms with Crippen LogP contribution in [0.4, 0.5) is 0 Å². The first-order valence-corrected chi connectivity index (χ1v) is 10.7. The van der Waals surface area contributed by atoms with E-state index in [0.717, 1.165) is 41.5 Å². The van der Waals surface area contributed by atoms with Crippen LogP contribution < -0.4 is 15.0 Å². The van der Waals surface area contributed by atoms with Crippen molar-refractivity contribution in [2.45, 2.75) is 32.1 Å².